The van der Waals surface area contributed by atoms with Gasteiger partial charge in [0.1, 0.15) is 0 Å². The molecule has 0 radical (unpaired) electrons. The highest BCUT2D eigenvalue weighted by atomic mass is 32.1. The van der Waals surface area contributed by atoms with Gasteiger partial charge in [-0.3, -0.25) is 4.79 Å². The molecule has 0 unspecified atom stereocenters. The van der Waals surface area contributed by atoms with Crippen LogP contribution in [0.5, 0.6) is 0 Å². The summed E-state index contributed by atoms with van der Waals surface area (Å²) in [6.07, 6.45) is 1.62. The van der Waals surface area contributed by atoms with Crippen molar-refractivity contribution in [3.05, 3.63) is 51.1 Å². The van der Waals surface area contributed by atoms with Crippen LogP contribution in [0.2, 0.25) is 0 Å². The summed E-state index contributed by atoms with van der Waals surface area (Å²) >= 11 is 5.26. The van der Waals surface area contributed by atoms with E-state index in [1.807, 2.05) is 0 Å². The van der Waals surface area contributed by atoms with E-state index in [9.17, 15) is 22.4 Å². The minimum absolute atomic E-state index is 0.0263. The lowest BCUT2D eigenvalue weighted by molar-refractivity contribution is -0.121. The molecular formula is C19H19F4N3O2S. The fraction of sp³-hybridized carbons (Fsp3) is 0.474. The minimum atomic E-state index is -1.43. The van der Waals surface area contributed by atoms with Gasteiger partial charge in [0.15, 0.2) is 28.0 Å². The highest BCUT2D eigenvalue weighted by Gasteiger charge is 2.33. The van der Waals surface area contributed by atoms with E-state index in [0.717, 1.165) is 12.8 Å². The quantitative estimate of drug-likeness (QED) is 0.446. The summed E-state index contributed by atoms with van der Waals surface area (Å²) in [5.74, 6) is -6.67. The van der Waals surface area contributed by atoms with E-state index in [-0.39, 0.29) is 37.4 Å². The van der Waals surface area contributed by atoms with Crippen molar-refractivity contribution < 1.29 is 27.1 Å². The normalized spacial score (nSPS) is 19.4. The number of nitrogens with zero attached hydrogens (tertiary/aromatic N) is 1. The molecule has 1 amide bonds. The number of aromatic nitrogens is 2. The molecule has 1 aromatic carbocycles. The molecule has 2 aliphatic heterocycles. The number of rotatable bonds is 4. The Bertz CT molecular complexity index is 988. The fourth-order valence-electron chi connectivity index (χ4n) is 4.07. The molecule has 0 spiro atoms. The number of benzene rings is 1. The zero-order chi connectivity index (χ0) is 20.7. The van der Waals surface area contributed by atoms with Crippen molar-refractivity contribution in [1.82, 2.24) is 14.9 Å². The molecule has 2 N–H and O–H groups in total. The summed E-state index contributed by atoms with van der Waals surface area (Å²) in [6, 6.07) is 0.239. The largest absolute Gasteiger partial charge is 0.381 e. The van der Waals surface area contributed by atoms with E-state index >= 15 is 0 Å². The summed E-state index contributed by atoms with van der Waals surface area (Å²) in [4.78, 5) is 15.4. The molecule has 0 aliphatic carbocycles. The van der Waals surface area contributed by atoms with Crippen LogP contribution < -0.4 is 5.32 Å². The number of nitrogens with one attached hydrogen (secondary N) is 2. The molecule has 5 nitrogen and oxygen atoms in total. The van der Waals surface area contributed by atoms with Crippen LogP contribution in [0.3, 0.4) is 0 Å². The van der Waals surface area contributed by atoms with Crippen molar-refractivity contribution in [2.75, 3.05) is 13.2 Å². The Labute approximate surface area is 169 Å². The summed E-state index contributed by atoms with van der Waals surface area (Å²) in [6.45, 7) is 1.26. The van der Waals surface area contributed by atoms with Gasteiger partial charge >= 0.3 is 0 Å². The highest BCUT2D eigenvalue weighted by Crippen LogP contribution is 2.36. The third-order valence-electron chi connectivity index (χ3n) is 5.50. The number of carbonyl (C=O) groups excluding carboxylic acids is 1. The first kappa shape index (κ1) is 20.1. The number of H-pyrrole nitrogens is 1. The molecule has 1 aromatic heterocycles. The van der Waals surface area contributed by atoms with Gasteiger partial charge in [-0.2, -0.15) is 0 Å². The van der Waals surface area contributed by atoms with Crippen LogP contribution in [0.25, 0.3) is 0 Å². The standard InChI is InChI=1S/C19H19F4N3O2S/c20-11-6-12(21)18(23)16(17(11)22)9-5-14-13(25-19(29)26(14)8-9)7-15(27)24-10-1-3-28-4-2-10/h6,9-10H,1-5,7-8H2,(H,24,27)(H,25,29)/t9-/m0/s1. The fourth-order valence-corrected chi connectivity index (χ4v) is 4.38. The van der Waals surface area contributed by atoms with Gasteiger partial charge in [-0.1, -0.05) is 0 Å². The highest BCUT2D eigenvalue weighted by molar-refractivity contribution is 7.71. The lowest BCUT2D eigenvalue weighted by Gasteiger charge is -2.23. The molecule has 10 heteroatoms. The topological polar surface area (TPSA) is 59.0 Å². The Morgan fingerprint density at radius 2 is 1.86 bits per heavy atom. The van der Waals surface area contributed by atoms with Crippen LogP contribution in [0.1, 0.15) is 35.7 Å². The van der Waals surface area contributed by atoms with Gasteiger partial charge < -0.3 is 19.6 Å². The number of fused-ring (bicyclic) bond motifs is 1. The average Bonchev–Trinajstić information content (AvgIpc) is 3.22. The van der Waals surface area contributed by atoms with Crippen LogP contribution in [-0.4, -0.2) is 34.7 Å². The number of aromatic amines is 1. The van der Waals surface area contributed by atoms with Crippen molar-refractivity contribution >= 4 is 18.1 Å². The summed E-state index contributed by atoms with van der Waals surface area (Å²) in [5, 5.41) is 2.94. The second-order valence-electron chi connectivity index (χ2n) is 7.38. The van der Waals surface area contributed by atoms with Crippen LogP contribution in [0.15, 0.2) is 6.07 Å². The zero-order valence-electron chi connectivity index (χ0n) is 15.4. The van der Waals surface area contributed by atoms with Crippen molar-refractivity contribution in [3.63, 3.8) is 0 Å². The first-order valence-electron chi connectivity index (χ1n) is 9.35. The van der Waals surface area contributed by atoms with Crippen LogP contribution >= 0.6 is 12.2 Å². The van der Waals surface area contributed by atoms with Crippen molar-refractivity contribution in [3.8, 4) is 0 Å². The number of hydrogen-bond acceptors (Lipinski definition) is 3. The number of imidazole rings is 1. The molecule has 1 saturated heterocycles. The maximum Gasteiger partial charge on any atom is 0.226 e. The Hall–Kier alpha value is -2.20. The molecule has 2 aromatic rings. The van der Waals surface area contributed by atoms with Gasteiger partial charge in [0, 0.05) is 54.7 Å². The first-order chi connectivity index (χ1) is 13.8. The number of halogens is 4. The Kier molecular flexibility index (Phi) is 5.48. The molecule has 0 saturated carbocycles. The van der Waals surface area contributed by atoms with Crippen LogP contribution in [-0.2, 0) is 28.9 Å². The number of amides is 1. The number of ether oxygens (including phenoxy) is 1. The Morgan fingerprint density at radius 1 is 1.21 bits per heavy atom. The summed E-state index contributed by atoms with van der Waals surface area (Å²) in [5.41, 5.74) is 0.531. The van der Waals surface area contributed by atoms with E-state index in [0.29, 0.717) is 29.4 Å². The lowest BCUT2D eigenvalue weighted by Crippen LogP contribution is -2.39. The molecule has 1 fully saturated rings. The van der Waals surface area contributed by atoms with Gasteiger partial charge in [0.25, 0.3) is 0 Å². The van der Waals surface area contributed by atoms with Crippen LogP contribution in [0.4, 0.5) is 17.6 Å². The molecule has 4 rings (SSSR count). The minimum Gasteiger partial charge on any atom is -0.381 e. The third kappa shape index (κ3) is 3.83. The summed E-state index contributed by atoms with van der Waals surface area (Å²) in [7, 11) is 0. The molecular weight excluding hydrogens is 410 g/mol. The molecule has 156 valence electrons. The maximum atomic E-state index is 14.2. The van der Waals surface area contributed by atoms with Gasteiger partial charge in [-0.25, -0.2) is 17.6 Å². The molecule has 3 heterocycles. The van der Waals surface area contributed by atoms with Crippen molar-refractivity contribution in [2.24, 2.45) is 0 Å². The smallest absolute Gasteiger partial charge is 0.226 e. The van der Waals surface area contributed by atoms with E-state index in [2.05, 4.69) is 10.3 Å². The van der Waals surface area contributed by atoms with Crippen molar-refractivity contribution in [1.29, 1.82) is 0 Å². The predicted octanol–water partition coefficient (Wildman–Crippen LogP) is 3.28. The lowest BCUT2D eigenvalue weighted by atomic mass is 9.94. The summed E-state index contributed by atoms with van der Waals surface area (Å²) < 4.78 is 62.8. The SMILES string of the molecule is O=C(Cc1[nH]c(=S)n2c1C[C@H](c1c(F)c(F)cc(F)c1F)C2)NC1CCOCC1. The Balaban J connectivity index is 1.54. The second-order valence-corrected chi connectivity index (χ2v) is 7.77. The third-order valence-corrected chi connectivity index (χ3v) is 5.82. The molecule has 2 aliphatic rings. The maximum absolute atomic E-state index is 14.2. The Morgan fingerprint density at radius 3 is 2.52 bits per heavy atom. The second kappa shape index (κ2) is 7.91. The van der Waals surface area contributed by atoms with Crippen LogP contribution in [0, 0.1) is 28.0 Å². The monoisotopic (exact) mass is 429 g/mol. The average molecular weight is 429 g/mol. The zero-order valence-corrected chi connectivity index (χ0v) is 16.2. The van der Waals surface area contributed by atoms with Gasteiger partial charge in [0.05, 0.1) is 6.42 Å². The predicted molar refractivity (Wildman–Crippen MR) is 98.0 cm³/mol. The van der Waals surface area contributed by atoms with Gasteiger partial charge in [0.2, 0.25) is 5.91 Å². The first-order valence-corrected chi connectivity index (χ1v) is 9.76. The molecule has 29 heavy (non-hydrogen) atoms. The molecule has 1 atom stereocenters. The van der Waals surface area contributed by atoms with Gasteiger partial charge in [-0.05, 0) is 31.5 Å². The van der Waals surface area contributed by atoms with E-state index < -0.39 is 34.8 Å². The van der Waals surface area contributed by atoms with Crippen molar-refractivity contribution in [2.45, 2.75) is 44.2 Å². The van der Waals surface area contributed by atoms with E-state index in [1.54, 1.807) is 4.57 Å². The number of hydrogen-bond donors (Lipinski definition) is 2. The number of carbonyl (C=O) groups is 1. The van der Waals surface area contributed by atoms with E-state index in [1.165, 1.54) is 0 Å². The van der Waals surface area contributed by atoms with Gasteiger partial charge in [-0.15, -0.1) is 0 Å². The molecule has 0 bridgehead atoms. The van der Waals surface area contributed by atoms with E-state index in [4.69, 9.17) is 17.0 Å².